The fraction of sp³-hybridized carbons (Fsp3) is 0.188. The highest BCUT2D eigenvalue weighted by molar-refractivity contribution is 7.98. The molecule has 2 rings (SSSR count). The number of carbonyl (C=O) groups excluding carboxylic acids is 1. The van der Waals surface area contributed by atoms with Crippen molar-refractivity contribution in [3.63, 3.8) is 0 Å². The first-order valence-electron chi connectivity index (χ1n) is 6.38. The summed E-state index contributed by atoms with van der Waals surface area (Å²) in [6.07, 6.45) is 2.58. The average Bonchev–Trinajstić information content (AvgIpc) is 2.49. The maximum Gasteiger partial charge on any atom is 0.256 e. The molecule has 0 aromatic heterocycles. The quantitative estimate of drug-likeness (QED) is 0.830. The molecule has 104 valence electrons. The van der Waals surface area contributed by atoms with Crippen molar-refractivity contribution in [2.45, 2.75) is 11.3 Å². The number of nitrogens with one attached hydrogen (secondary N) is 1. The highest BCUT2D eigenvalue weighted by Crippen LogP contribution is 2.21. The minimum absolute atomic E-state index is 0.107. The minimum atomic E-state index is -0.107. The summed E-state index contributed by atoms with van der Waals surface area (Å²) in [5.74, 6) is -0.107. The van der Waals surface area contributed by atoms with Crippen LogP contribution in [0, 0.1) is 0 Å². The summed E-state index contributed by atoms with van der Waals surface area (Å²) in [5, 5.41) is 11.8. The topological polar surface area (TPSA) is 49.3 Å². The van der Waals surface area contributed by atoms with Gasteiger partial charge in [0.15, 0.2) is 0 Å². The van der Waals surface area contributed by atoms with Gasteiger partial charge in [-0.25, -0.2) is 0 Å². The Labute approximate surface area is 123 Å². The third-order valence-electron chi connectivity index (χ3n) is 2.96. The van der Waals surface area contributed by atoms with Crippen LogP contribution in [0.2, 0.25) is 0 Å². The molecule has 3 nitrogen and oxygen atoms in total. The Balaban J connectivity index is 2.11. The van der Waals surface area contributed by atoms with E-state index in [0.29, 0.717) is 12.0 Å². The van der Waals surface area contributed by atoms with Gasteiger partial charge in [0.05, 0.1) is 5.56 Å². The Kier molecular flexibility index (Phi) is 5.21. The number of rotatable bonds is 5. The lowest BCUT2D eigenvalue weighted by atomic mass is 10.1. The number of hydrogen-bond acceptors (Lipinski definition) is 3. The highest BCUT2D eigenvalue weighted by Gasteiger charge is 2.10. The van der Waals surface area contributed by atoms with Gasteiger partial charge in [-0.1, -0.05) is 24.3 Å². The summed E-state index contributed by atoms with van der Waals surface area (Å²) >= 11 is 1.55. The molecule has 0 unspecified atom stereocenters. The second-order valence-corrected chi connectivity index (χ2v) is 5.17. The van der Waals surface area contributed by atoms with Crippen molar-refractivity contribution in [3.8, 4) is 0 Å². The van der Waals surface area contributed by atoms with E-state index in [-0.39, 0.29) is 12.5 Å². The number of thioether (sulfide) groups is 1. The molecule has 1 amide bonds. The number of aliphatic hydroxyl groups is 1. The average molecular weight is 287 g/mol. The molecule has 0 fully saturated rings. The fourth-order valence-electron chi connectivity index (χ4n) is 1.91. The molecule has 0 saturated carbocycles. The number of hydrogen-bond donors (Lipinski definition) is 2. The number of aliphatic hydroxyl groups excluding tert-OH is 1. The van der Waals surface area contributed by atoms with Gasteiger partial charge in [-0.3, -0.25) is 4.79 Å². The van der Waals surface area contributed by atoms with Crippen LogP contribution in [0.15, 0.2) is 53.4 Å². The molecule has 2 aromatic rings. The lowest BCUT2D eigenvalue weighted by Gasteiger charge is -2.09. The van der Waals surface area contributed by atoms with E-state index in [2.05, 4.69) is 5.32 Å². The number of amides is 1. The van der Waals surface area contributed by atoms with E-state index in [4.69, 9.17) is 5.11 Å². The monoisotopic (exact) mass is 287 g/mol. The largest absolute Gasteiger partial charge is 0.396 e. The lowest BCUT2D eigenvalue weighted by molar-refractivity contribution is 0.102. The van der Waals surface area contributed by atoms with E-state index in [9.17, 15) is 4.79 Å². The molecule has 0 aliphatic rings. The number of carbonyl (C=O) groups is 1. The zero-order chi connectivity index (χ0) is 14.4. The first-order valence-corrected chi connectivity index (χ1v) is 7.61. The van der Waals surface area contributed by atoms with Gasteiger partial charge in [-0.2, -0.15) is 0 Å². The van der Waals surface area contributed by atoms with Crippen LogP contribution in [0.1, 0.15) is 15.9 Å². The molecule has 0 aliphatic carbocycles. The summed E-state index contributed by atoms with van der Waals surface area (Å²) in [5.41, 5.74) is 2.49. The third kappa shape index (κ3) is 3.62. The van der Waals surface area contributed by atoms with Crippen LogP contribution in [0.5, 0.6) is 0 Å². The normalized spacial score (nSPS) is 10.3. The van der Waals surface area contributed by atoms with E-state index in [1.54, 1.807) is 11.8 Å². The smallest absolute Gasteiger partial charge is 0.256 e. The van der Waals surface area contributed by atoms with Crippen LogP contribution in [-0.2, 0) is 6.42 Å². The van der Waals surface area contributed by atoms with Crippen molar-refractivity contribution >= 4 is 23.4 Å². The first kappa shape index (κ1) is 14.6. The fourth-order valence-corrected chi connectivity index (χ4v) is 2.51. The van der Waals surface area contributed by atoms with E-state index in [1.165, 1.54) is 0 Å². The van der Waals surface area contributed by atoms with Crippen LogP contribution >= 0.6 is 11.8 Å². The Morgan fingerprint density at radius 3 is 2.50 bits per heavy atom. The predicted molar refractivity (Wildman–Crippen MR) is 83.4 cm³/mol. The van der Waals surface area contributed by atoms with Crippen molar-refractivity contribution in [2.24, 2.45) is 0 Å². The van der Waals surface area contributed by atoms with Gasteiger partial charge in [0.2, 0.25) is 0 Å². The summed E-state index contributed by atoms with van der Waals surface area (Å²) in [6, 6.07) is 15.1. The van der Waals surface area contributed by atoms with Gasteiger partial charge in [-0.15, -0.1) is 11.8 Å². The van der Waals surface area contributed by atoms with Gasteiger partial charge in [0.25, 0.3) is 5.91 Å². The molecule has 2 N–H and O–H groups in total. The molecule has 0 aliphatic heterocycles. The van der Waals surface area contributed by atoms with Crippen LogP contribution < -0.4 is 5.32 Å². The van der Waals surface area contributed by atoms with Crippen LogP contribution in [0.4, 0.5) is 5.69 Å². The summed E-state index contributed by atoms with van der Waals surface area (Å²) in [7, 11) is 0. The second-order valence-electron chi connectivity index (χ2n) is 4.32. The van der Waals surface area contributed by atoms with Gasteiger partial charge in [0.1, 0.15) is 0 Å². The molecular weight excluding hydrogens is 270 g/mol. The molecule has 20 heavy (non-hydrogen) atoms. The zero-order valence-corrected chi connectivity index (χ0v) is 12.1. The summed E-state index contributed by atoms with van der Waals surface area (Å²) < 4.78 is 0. The molecular formula is C16H17NO2S. The van der Waals surface area contributed by atoms with Gasteiger partial charge < -0.3 is 10.4 Å². The second kappa shape index (κ2) is 7.12. The van der Waals surface area contributed by atoms with Crippen molar-refractivity contribution in [1.29, 1.82) is 0 Å². The molecule has 0 bridgehead atoms. The van der Waals surface area contributed by atoms with Crippen molar-refractivity contribution < 1.29 is 9.90 Å². The predicted octanol–water partition coefficient (Wildman–Crippen LogP) is 3.20. The van der Waals surface area contributed by atoms with E-state index in [1.807, 2.05) is 54.8 Å². The van der Waals surface area contributed by atoms with Crippen LogP contribution in [0.25, 0.3) is 0 Å². The van der Waals surface area contributed by atoms with Crippen LogP contribution in [-0.4, -0.2) is 23.9 Å². The summed E-state index contributed by atoms with van der Waals surface area (Å²) in [4.78, 5) is 13.2. The molecule has 0 atom stereocenters. The van der Waals surface area contributed by atoms with E-state index < -0.39 is 0 Å². The lowest BCUT2D eigenvalue weighted by Crippen LogP contribution is -2.12. The Morgan fingerprint density at radius 2 is 1.85 bits per heavy atom. The number of anilines is 1. The zero-order valence-electron chi connectivity index (χ0n) is 11.3. The van der Waals surface area contributed by atoms with E-state index >= 15 is 0 Å². The molecule has 0 heterocycles. The van der Waals surface area contributed by atoms with Gasteiger partial charge in [0, 0.05) is 17.2 Å². The van der Waals surface area contributed by atoms with Crippen molar-refractivity contribution in [2.75, 3.05) is 18.2 Å². The molecule has 0 saturated heterocycles. The van der Waals surface area contributed by atoms with E-state index in [0.717, 1.165) is 16.1 Å². The minimum Gasteiger partial charge on any atom is -0.396 e. The maximum atomic E-state index is 12.2. The molecule has 0 spiro atoms. The third-order valence-corrected chi connectivity index (χ3v) is 3.76. The first-order chi connectivity index (χ1) is 9.74. The van der Waals surface area contributed by atoms with Gasteiger partial charge in [-0.05, 0) is 42.5 Å². The highest BCUT2D eigenvalue weighted by atomic mass is 32.2. The Bertz CT molecular complexity index is 581. The standard InChI is InChI=1S/C16H17NO2S/c1-20-15-5-3-2-4-14(15)16(19)17-13-8-6-12(7-9-13)10-11-18/h2-9,18H,10-11H2,1H3,(H,17,19). The molecule has 4 heteroatoms. The Hall–Kier alpha value is -1.78. The van der Waals surface area contributed by atoms with Gasteiger partial charge >= 0.3 is 0 Å². The van der Waals surface area contributed by atoms with Crippen molar-refractivity contribution in [3.05, 3.63) is 59.7 Å². The SMILES string of the molecule is CSc1ccccc1C(=O)Nc1ccc(CCO)cc1. The Morgan fingerprint density at radius 1 is 1.15 bits per heavy atom. The molecule has 0 radical (unpaired) electrons. The maximum absolute atomic E-state index is 12.2. The number of benzene rings is 2. The van der Waals surface area contributed by atoms with Crippen LogP contribution in [0.3, 0.4) is 0 Å². The van der Waals surface area contributed by atoms with Crippen molar-refractivity contribution in [1.82, 2.24) is 0 Å². The summed E-state index contributed by atoms with van der Waals surface area (Å²) in [6.45, 7) is 0.132. The molecule has 2 aromatic carbocycles.